The van der Waals surface area contributed by atoms with Gasteiger partial charge in [-0.05, 0) is 32.9 Å². The molecule has 1 unspecified atom stereocenters. The number of hydrogen-bond acceptors (Lipinski definition) is 5. The normalized spacial score (nSPS) is 19.2. The van der Waals surface area contributed by atoms with Crippen molar-refractivity contribution in [1.29, 1.82) is 0 Å². The van der Waals surface area contributed by atoms with E-state index < -0.39 is 0 Å². The van der Waals surface area contributed by atoms with Gasteiger partial charge in [-0.2, -0.15) is 4.98 Å². The SMILES string of the molecule is CNC(=O)C1CCN(C(C)c2nc(C(C)C)no2)CC1. The number of hydrogen-bond donors (Lipinski definition) is 1. The molecule has 1 saturated heterocycles. The van der Waals surface area contributed by atoms with Crippen molar-refractivity contribution in [1.82, 2.24) is 20.4 Å². The fourth-order valence-electron chi connectivity index (χ4n) is 2.56. The first-order valence-electron chi connectivity index (χ1n) is 7.32. The van der Waals surface area contributed by atoms with Gasteiger partial charge in [-0.25, -0.2) is 0 Å². The Morgan fingerprint density at radius 1 is 1.35 bits per heavy atom. The number of piperidine rings is 1. The second kappa shape index (κ2) is 6.35. The first-order chi connectivity index (χ1) is 9.52. The smallest absolute Gasteiger partial charge is 0.243 e. The number of nitrogens with one attached hydrogen (secondary N) is 1. The topological polar surface area (TPSA) is 71.3 Å². The summed E-state index contributed by atoms with van der Waals surface area (Å²) in [6.45, 7) is 7.96. The molecule has 0 aliphatic carbocycles. The average molecular weight is 280 g/mol. The van der Waals surface area contributed by atoms with Gasteiger partial charge in [0.1, 0.15) is 0 Å². The Morgan fingerprint density at radius 3 is 2.50 bits per heavy atom. The summed E-state index contributed by atoms with van der Waals surface area (Å²) in [6, 6.07) is 0.112. The van der Waals surface area contributed by atoms with Crippen molar-refractivity contribution in [2.75, 3.05) is 20.1 Å². The lowest BCUT2D eigenvalue weighted by atomic mass is 9.95. The van der Waals surface area contributed by atoms with Crippen LogP contribution >= 0.6 is 0 Å². The number of rotatable bonds is 4. The molecule has 1 aliphatic rings. The molecule has 1 aromatic rings. The molecule has 20 heavy (non-hydrogen) atoms. The van der Waals surface area contributed by atoms with Gasteiger partial charge in [0.15, 0.2) is 5.82 Å². The van der Waals surface area contributed by atoms with E-state index in [0.29, 0.717) is 5.89 Å². The van der Waals surface area contributed by atoms with Crippen LogP contribution in [0, 0.1) is 5.92 Å². The van der Waals surface area contributed by atoms with Crippen molar-refractivity contribution in [2.45, 2.75) is 45.6 Å². The third-order valence-electron chi connectivity index (χ3n) is 4.03. The summed E-state index contributed by atoms with van der Waals surface area (Å²) in [4.78, 5) is 18.4. The summed E-state index contributed by atoms with van der Waals surface area (Å²) < 4.78 is 5.35. The summed E-state index contributed by atoms with van der Waals surface area (Å²) in [5.74, 6) is 1.99. The van der Waals surface area contributed by atoms with E-state index in [1.807, 2.05) is 13.8 Å². The van der Waals surface area contributed by atoms with Crippen molar-refractivity contribution >= 4 is 5.91 Å². The number of carbonyl (C=O) groups is 1. The molecule has 1 N–H and O–H groups in total. The Balaban J connectivity index is 1.94. The zero-order chi connectivity index (χ0) is 14.7. The van der Waals surface area contributed by atoms with Gasteiger partial charge in [-0.3, -0.25) is 9.69 Å². The predicted molar refractivity (Wildman–Crippen MR) is 75.2 cm³/mol. The summed E-state index contributed by atoms with van der Waals surface area (Å²) in [5, 5.41) is 6.74. The lowest BCUT2D eigenvalue weighted by Crippen LogP contribution is -2.40. The number of amides is 1. The molecule has 2 rings (SSSR count). The largest absolute Gasteiger partial charge is 0.359 e. The Kier molecular flexibility index (Phi) is 4.75. The minimum absolute atomic E-state index is 0.112. The van der Waals surface area contributed by atoms with Crippen LogP contribution < -0.4 is 5.32 Å². The van der Waals surface area contributed by atoms with Crippen LogP contribution in [-0.2, 0) is 4.79 Å². The van der Waals surface area contributed by atoms with Crippen LogP contribution in [0.15, 0.2) is 4.52 Å². The van der Waals surface area contributed by atoms with Crippen LogP contribution in [-0.4, -0.2) is 41.1 Å². The Hall–Kier alpha value is -1.43. The van der Waals surface area contributed by atoms with E-state index >= 15 is 0 Å². The van der Waals surface area contributed by atoms with Crippen LogP contribution in [0.5, 0.6) is 0 Å². The molecular weight excluding hydrogens is 256 g/mol. The maximum atomic E-state index is 11.6. The molecule has 1 aliphatic heterocycles. The summed E-state index contributed by atoms with van der Waals surface area (Å²) in [7, 11) is 1.70. The second-order valence-electron chi connectivity index (χ2n) is 5.75. The van der Waals surface area contributed by atoms with Gasteiger partial charge in [-0.1, -0.05) is 19.0 Å². The van der Waals surface area contributed by atoms with E-state index in [-0.39, 0.29) is 23.8 Å². The molecule has 1 aromatic heterocycles. The Bertz CT molecular complexity index is 450. The molecule has 0 radical (unpaired) electrons. The van der Waals surface area contributed by atoms with Gasteiger partial charge in [0.05, 0.1) is 6.04 Å². The molecule has 0 saturated carbocycles. The highest BCUT2D eigenvalue weighted by Crippen LogP contribution is 2.26. The molecule has 0 aromatic carbocycles. The molecule has 1 amide bonds. The molecular formula is C14H24N4O2. The molecule has 6 nitrogen and oxygen atoms in total. The van der Waals surface area contributed by atoms with E-state index in [1.165, 1.54) is 0 Å². The molecule has 1 fully saturated rings. The van der Waals surface area contributed by atoms with Crippen molar-refractivity contribution in [3.8, 4) is 0 Å². The van der Waals surface area contributed by atoms with Gasteiger partial charge in [0.25, 0.3) is 0 Å². The third-order valence-corrected chi connectivity index (χ3v) is 4.03. The van der Waals surface area contributed by atoms with Crippen LogP contribution in [0.4, 0.5) is 0 Å². The maximum absolute atomic E-state index is 11.6. The quantitative estimate of drug-likeness (QED) is 0.909. The lowest BCUT2D eigenvalue weighted by molar-refractivity contribution is -0.126. The first-order valence-corrected chi connectivity index (χ1v) is 7.32. The monoisotopic (exact) mass is 280 g/mol. The second-order valence-corrected chi connectivity index (χ2v) is 5.75. The van der Waals surface area contributed by atoms with E-state index in [2.05, 4.69) is 27.3 Å². The summed E-state index contributed by atoms with van der Waals surface area (Å²) in [5.41, 5.74) is 0. The minimum atomic E-state index is 0.112. The Morgan fingerprint density at radius 2 is 2.00 bits per heavy atom. The summed E-state index contributed by atoms with van der Waals surface area (Å²) in [6.07, 6.45) is 1.77. The van der Waals surface area contributed by atoms with Gasteiger partial charge in [-0.15, -0.1) is 0 Å². The molecule has 6 heteroatoms. The van der Waals surface area contributed by atoms with Crippen molar-refractivity contribution in [3.63, 3.8) is 0 Å². The number of likely N-dealkylation sites (tertiary alicyclic amines) is 1. The van der Waals surface area contributed by atoms with Crippen LogP contribution in [0.2, 0.25) is 0 Å². The molecule has 0 spiro atoms. The van der Waals surface area contributed by atoms with E-state index in [9.17, 15) is 4.79 Å². The van der Waals surface area contributed by atoms with Crippen molar-refractivity contribution < 1.29 is 9.32 Å². The highest BCUT2D eigenvalue weighted by atomic mass is 16.5. The van der Waals surface area contributed by atoms with Gasteiger partial charge < -0.3 is 9.84 Å². The highest BCUT2D eigenvalue weighted by molar-refractivity contribution is 5.78. The average Bonchev–Trinajstić information content (AvgIpc) is 2.96. The minimum Gasteiger partial charge on any atom is -0.359 e. The molecule has 0 bridgehead atoms. The fraction of sp³-hybridized carbons (Fsp3) is 0.786. The van der Waals surface area contributed by atoms with E-state index in [0.717, 1.165) is 31.8 Å². The third kappa shape index (κ3) is 3.17. The number of nitrogens with zero attached hydrogens (tertiary/aromatic N) is 3. The van der Waals surface area contributed by atoms with Crippen molar-refractivity contribution in [2.24, 2.45) is 5.92 Å². The number of carbonyl (C=O) groups excluding carboxylic acids is 1. The maximum Gasteiger partial charge on any atom is 0.243 e. The number of aromatic nitrogens is 2. The molecule has 112 valence electrons. The van der Waals surface area contributed by atoms with Crippen LogP contribution in [0.25, 0.3) is 0 Å². The predicted octanol–water partition coefficient (Wildman–Crippen LogP) is 1.71. The summed E-state index contributed by atoms with van der Waals surface area (Å²) >= 11 is 0. The first kappa shape index (κ1) is 15.0. The van der Waals surface area contributed by atoms with E-state index in [4.69, 9.17) is 4.52 Å². The Labute approximate surface area is 119 Å². The molecule has 2 heterocycles. The van der Waals surface area contributed by atoms with Crippen molar-refractivity contribution in [3.05, 3.63) is 11.7 Å². The van der Waals surface area contributed by atoms with Gasteiger partial charge >= 0.3 is 0 Å². The van der Waals surface area contributed by atoms with Gasteiger partial charge in [0, 0.05) is 18.9 Å². The van der Waals surface area contributed by atoms with Gasteiger partial charge in [0.2, 0.25) is 11.8 Å². The lowest BCUT2D eigenvalue weighted by Gasteiger charge is -2.33. The zero-order valence-electron chi connectivity index (χ0n) is 12.7. The standard InChI is InChI=1S/C14H24N4O2/c1-9(2)12-16-14(20-17-12)10(3)18-7-5-11(6-8-18)13(19)15-4/h9-11H,5-8H2,1-4H3,(H,15,19). The fourth-order valence-corrected chi connectivity index (χ4v) is 2.56. The molecule has 1 atom stereocenters. The van der Waals surface area contributed by atoms with E-state index in [1.54, 1.807) is 7.05 Å². The van der Waals surface area contributed by atoms with Crippen LogP contribution in [0.3, 0.4) is 0 Å². The van der Waals surface area contributed by atoms with Crippen LogP contribution in [0.1, 0.15) is 57.3 Å². The highest BCUT2D eigenvalue weighted by Gasteiger charge is 2.29. The zero-order valence-corrected chi connectivity index (χ0v) is 12.7.